The lowest BCUT2D eigenvalue weighted by atomic mass is 10.2. The van der Waals surface area contributed by atoms with Gasteiger partial charge in [0.1, 0.15) is 5.75 Å². The van der Waals surface area contributed by atoms with Crippen LogP contribution < -0.4 is 10.1 Å². The first-order valence-electron chi connectivity index (χ1n) is 5.51. The van der Waals surface area contributed by atoms with Gasteiger partial charge < -0.3 is 10.1 Å². The highest BCUT2D eigenvalue weighted by atomic mass is 127. The van der Waals surface area contributed by atoms with E-state index in [9.17, 15) is 0 Å². The molecule has 0 unspecified atom stereocenters. The Morgan fingerprint density at radius 1 is 1.22 bits per heavy atom. The number of nitrogens with one attached hydrogen (secondary N) is 1. The fourth-order valence-electron chi connectivity index (χ4n) is 1.67. The predicted molar refractivity (Wildman–Crippen MR) is 84.5 cm³/mol. The van der Waals surface area contributed by atoms with Gasteiger partial charge in [-0.15, -0.1) is 0 Å². The fourth-order valence-corrected chi connectivity index (χ4v) is 2.73. The van der Waals surface area contributed by atoms with Crippen molar-refractivity contribution >= 4 is 39.9 Å². The van der Waals surface area contributed by atoms with Crippen molar-refractivity contribution in [3.8, 4) is 5.75 Å². The van der Waals surface area contributed by atoms with Crippen molar-refractivity contribution in [2.45, 2.75) is 6.54 Å². The summed E-state index contributed by atoms with van der Waals surface area (Å²) in [6, 6.07) is 13.8. The van der Waals surface area contributed by atoms with Crippen LogP contribution in [0.1, 0.15) is 5.56 Å². The number of methoxy groups -OCH3 is 1. The number of benzene rings is 2. The monoisotopic (exact) mass is 373 g/mol. The molecular formula is C14H13ClINO. The average molecular weight is 374 g/mol. The highest BCUT2D eigenvalue weighted by Gasteiger charge is 2.03. The molecule has 2 rings (SSSR count). The van der Waals surface area contributed by atoms with Crippen LogP contribution in [0.4, 0.5) is 5.69 Å². The number of rotatable bonds is 4. The van der Waals surface area contributed by atoms with Gasteiger partial charge in [0.2, 0.25) is 0 Å². The maximum Gasteiger partial charge on any atom is 0.123 e. The van der Waals surface area contributed by atoms with Crippen LogP contribution in [0, 0.1) is 3.57 Å². The zero-order valence-corrected chi connectivity index (χ0v) is 12.8. The van der Waals surface area contributed by atoms with Crippen molar-refractivity contribution in [2.24, 2.45) is 0 Å². The van der Waals surface area contributed by atoms with E-state index in [0.29, 0.717) is 0 Å². The molecule has 0 amide bonds. The molecule has 2 aromatic carbocycles. The van der Waals surface area contributed by atoms with E-state index in [0.717, 1.165) is 32.1 Å². The van der Waals surface area contributed by atoms with Crippen LogP contribution in [-0.2, 0) is 6.54 Å². The van der Waals surface area contributed by atoms with E-state index in [1.165, 1.54) is 0 Å². The predicted octanol–water partition coefficient (Wildman–Crippen LogP) is 4.57. The van der Waals surface area contributed by atoms with Gasteiger partial charge in [-0.2, -0.15) is 0 Å². The van der Waals surface area contributed by atoms with Crippen LogP contribution in [0.5, 0.6) is 5.75 Å². The zero-order chi connectivity index (χ0) is 13.0. The van der Waals surface area contributed by atoms with Gasteiger partial charge in [-0.3, -0.25) is 0 Å². The number of hydrogen-bond acceptors (Lipinski definition) is 2. The van der Waals surface area contributed by atoms with Gasteiger partial charge in [0, 0.05) is 26.4 Å². The topological polar surface area (TPSA) is 21.3 Å². The minimum Gasteiger partial charge on any atom is -0.496 e. The van der Waals surface area contributed by atoms with Gasteiger partial charge in [0.05, 0.1) is 7.11 Å². The normalized spacial score (nSPS) is 10.2. The molecule has 0 heterocycles. The van der Waals surface area contributed by atoms with Gasteiger partial charge in [0.15, 0.2) is 0 Å². The van der Waals surface area contributed by atoms with E-state index in [2.05, 4.69) is 34.0 Å². The maximum atomic E-state index is 5.93. The standard InChI is InChI=1S/C14H13ClINO/c1-18-14-5-3-2-4-10(14)9-17-13-7-6-11(15)8-12(13)16/h2-8,17H,9H2,1H3. The smallest absolute Gasteiger partial charge is 0.123 e. The Morgan fingerprint density at radius 3 is 2.72 bits per heavy atom. The number of para-hydroxylation sites is 1. The molecule has 0 bridgehead atoms. The van der Waals surface area contributed by atoms with Crippen molar-refractivity contribution in [1.29, 1.82) is 0 Å². The first-order chi connectivity index (χ1) is 8.70. The van der Waals surface area contributed by atoms with Crippen molar-refractivity contribution in [3.63, 3.8) is 0 Å². The van der Waals surface area contributed by atoms with E-state index in [1.807, 2.05) is 36.4 Å². The summed E-state index contributed by atoms with van der Waals surface area (Å²) in [5.74, 6) is 0.897. The van der Waals surface area contributed by atoms with Gasteiger partial charge >= 0.3 is 0 Å². The van der Waals surface area contributed by atoms with E-state index in [-0.39, 0.29) is 0 Å². The summed E-state index contributed by atoms with van der Waals surface area (Å²) in [6.45, 7) is 0.724. The summed E-state index contributed by atoms with van der Waals surface area (Å²) >= 11 is 8.20. The lowest BCUT2D eigenvalue weighted by Gasteiger charge is -2.11. The molecule has 0 aliphatic carbocycles. The summed E-state index contributed by atoms with van der Waals surface area (Å²) in [7, 11) is 1.69. The van der Waals surface area contributed by atoms with Crippen LogP contribution in [-0.4, -0.2) is 7.11 Å². The Balaban J connectivity index is 2.11. The minimum atomic E-state index is 0.724. The first kappa shape index (κ1) is 13.5. The second-order valence-electron chi connectivity index (χ2n) is 3.79. The quantitative estimate of drug-likeness (QED) is 0.793. The molecule has 0 fully saturated rings. The third kappa shape index (κ3) is 3.29. The van der Waals surface area contributed by atoms with Gasteiger partial charge in [-0.05, 0) is 46.9 Å². The first-order valence-corrected chi connectivity index (χ1v) is 6.97. The molecule has 0 spiro atoms. The summed E-state index contributed by atoms with van der Waals surface area (Å²) in [6.07, 6.45) is 0. The number of hydrogen-bond donors (Lipinski definition) is 1. The SMILES string of the molecule is COc1ccccc1CNc1ccc(Cl)cc1I. The highest BCUT2D eigenvalue weighted by molar-refractivity contribution is 14.1. The second kappa shape index (κ2) is 6.29. The van der Waals surface area contributed by atoms with E-state index >= 15 is 0 Å². The fraction of sp³-hybridized carbons (Fsp3) is 0.143. The number of halogens is 2. The van der Waals surface area contributed by atoms with E-state index in [1.54, 1.807) is 7.11 Å². The third-order valence-electron chi connectivity index (χ3n) is 2.59. The molecule has 0 saturated carbocycles. The van der Waals surface area contributed by atoms with Crippen molar-refractivity contribution in [2.75, 3.05) is 12.4 Å². The van der Waals surface area contributed by atoms with Gasteiger partial charge in [0.25, 0.3) is 0 Å². The second-order valence-corrected chi connectivity index (χ2v) is 5.39. The molecule has 0 aliphatic heterocycles. The summed E-state index contributed by atoms with van der Waals surface area (Å²) in [5, 5.41) is 4.14. The molecule has 2 nitrogen and oxygen atoms in total. The molecule has 0 atom stereocenters. The van der Waals surface area contributed by atoms with Crippen LogP contribution in [0.15, 0.2) is 42.5 Å². The van der Waals surface area contributed by atoms with Crippen molar-refractivity contribution < 1.29 is 4.74 Å². The molecule has 1 N–H and O–H groups in total. The Bertz CT molecular complexity index is 545. The van der Waals surface area contributed by atoms with Crippen molar-refractivity contribution in [1.82, 2.24) is 0 Å². The average Bonchev–Trinajstić information content (AvgIpc) is 2.38. The molecular weight excluding hydrogens is 361 g/mol. The Labute approximate surface area is 125 Å². The summed E-state index contributed by atoms with van der Waals surface area (Å²) in [5.41, 5.74) is 2.21. The summed E-state index contributed by atoms with van der Waals surface area (Å²) < 4.78 is 6.43. The van der Waals surface area contributed by atoms with Crippen LogP contribution in [0.3, 0.4) is 0 Å². The Morgan fingerprint density at radius 2 is 2.00 bits per heavy atom. The molecule has 18 heavy (non-hydrogen) atoms. The molecule has 94 valence electrons. The molecule has 4 heteroatoms. The molecule has 0 aliphatic rings. The highest BCUT2D eigenvalue weighted by Crippen LogP contribution is 2.24. The molecule has 2 aromatic rings. The van der Waals surface area contributed by atoms with E-state index < -0.39 is 0 Å². The Kier molecular flexibility index (Phi) is 4.72. The third-order valence-corrected chi connectivity index (χ3v) is 3.72. The Hall–Kier alpha value is -0.940. The lowest BCUT2D eigenvalue weighted by Crippen LogP contribution is -2.02. The zero-order valence-electron chi connectivity index (χ0n) is 9.91. The van der Waals surface area contributed by atoms with Crippen LogP contribution in [0.2, 0.25) is 5.02 Å². The van der Waals surface area contributed by atoms with Crippen LogP contribution >= 0.6 is 34.2 Å². The molecule has 0 saturated heterocycles. The van der Waals surface area contributed by atoms with Gasteiger partial charge in [-0.1, -0.05) is 29.8 Å². The number of anilines is 1. The van der Waals surface area contributed by atoms with E-state index in [4.69, 9.17) is 16.3 Å². The van der Waals surface area contributed by atoms with Crippen LogP contribution in [0.25, 0.3) is 0 Å². The molecule has 0 aromatic heterocycles. The maximum absolute atomic E-state index is 5.93. The minimum absolute atomic E-state index is 0.724. The molecule has 0 radical (unpaired) electrons. The van der Waals surface area contributed by atoms with Crippen molar-refractivity contribution in [3.05, 3.63) is 56.6 Å². The largest absolute Gasteiger partial charge is 0.496 e. The number of ether oxygens (including phenoxy) is 1. The van der Waals surface area contributed by atoms with Gasteiger partial charge in [-0.25, -0.2) is 0 Å². The summed E-state index contributed by atoms with van der Waals surface area (Å²) in [4.78, 5) is 0. The lowest BCUT2D eigenvalue weighted by molar-refractivity contribution is 0.410.